The summed E-state index contributed by atoms with van der Waals surface area (Å²) < 4.78 is 5.35. The Morgan fingerprint density at radius 2 is 2.19 bits per heavy atom. The third-order valence-corrected chi connectivity index (χ3v) is 4.96. The van der Waals surface area contributed by atoms with E-state index in [4.69, 9.17) is 4.74 Å². The first kappa shape index (κ1) is 20.5. The van der Waals surface area contributed by atoms with Crippen LogP contribution < -0.4 is 20.3 Å². The van der Waals surface area contributed by atoms with Gasteiger partial charge in [0, 0.05) is 38.5 Å². The summed E-state index contributed by atoms with van der Waals surface area (Å²) >= 11 is 0. The van der Waals surface area contributed by atoms with E-state index in [1.807, 2.05) is 25.1 Å². The molecule has 0 aromatic heterocycles. The molecule has 2 fully saturated rings. The highest BCUT2D eigenvalue weighted by Gasteiger charge is 2.36. The zero-order chi connectivity index (χ0) is 18.0. The topological polar surface area (TPSA) is 90.9 Å². The summed E-state index contributed by atoms with van der Waals surface area (Å²) in [6, 6.07) is 5.66. The Morgan fingerprint density at radius 3 is 2.85 bits per heavy atom. The minimum absolute atomic E-state index is 0. The fourth-order valence-electron chi connectivity index (χ4n) is 3.43. The lowest BCUT2D eigenvalue weighted by molar-refractivity contribution is -0.126. The number of aliphatic hydroxyl groups excluding tert-OH is 1. The van der Waals surface area contributed by atoms with Gasteiger partial charge >= 0.3 is 0 Å². The number of aliphatic hydroxyl groups is 1. The van der Waals surface area contributed by atoms with Gasteiger partial charge in [-0.25, -0.2) is 0 Å². The van der Waals surface area contributed by atoms with Gasteiger partial charge in [-0.05, 0) is 24.6 Å². The van der Waals surface area contributed by atoms with Crippen molar-refractivity contribution in [2.45, 2.75) is 19.4 Å². The molecule has 2 aliphatic heterocycles. The van der Waals surface area contributed by atoms with E-state index >= 15 is 0 Å². The summed E-state index contributed by atoms with van der Waals surface area (Å²) in [5.74, 6) is 0.0478. The molecule has 0 saturated carbocycles. The molecular formula is C18H26ClN3O4. The molecule has 2 heterocycles. The predicted octanol–water partition coefficient (Wildman–Crippen LogP) is 0.475. The number of nitrogens with zero attached hydrogens (tertiary/aromatic N) is 1. The highest BCUT2D eigenvalue weighted by molar-refractivity contribution is 6.01. The number of methoxy groups -OCH3 is 1. The van der Waals surface area contributed by atoms with Crippen LogP contribution in [0.3, 0.4) is 0 Å². The molecule has 144 valence electrons. The van der Waals surface area contributed by atoms with E-state index in [2.05, 4.69) is 10.6 Å². The molecule has 8 heteroatoms. The summed E-state index contributed by atoms with van der Waals surface area (Å²) in [4.78, 5) is 26.5. The zero-order valence-electron chi connectivity index (χ0n) is 15.0. The summed E-state index contributed by atoms with van der Waals surface area (Å²) in [5.41, 5.74) is 1.73. The summed E-state index contributed by atoms with van der Waals surface area (Å²) in [6.07, 6.45) is -0.243. The van der Waals surface area contributed by atoms with Gasteiger partial charge in [-0.1, -0.05) is 6.07 Å². The molecule has 1 aromatic rings. The van der Waals surface area contributed by atoms with Crippen LogP contribution in [0.4, 0.5) is 5.69 Å². The number of halogens is 1. The maximum atomic E-state index is 12.4. The summed E-state index contributed by atoms with van der Waals surface area (Å²) in [7, 11) is 1.57. The van der Waals surface area contributed by atoms with Crippen LogP contribution in [0, 0.1) is 18.8 Å². The lowest BCUT2D eigenvalue weighted by Crippen LogP contribution is -2.38. The van der Waals surface area contributed by atoms with Gasteiger partial charge in [0.15, 0.2) is 0 Å². The molecule has 3 rings (SSSR count). The Morgan fingerprint density at radius 1 is 1.42 bits per heavy atom. The van der Waals surface area contributed by atoms with Crippen LogP contribution in [0.25, 0.3) is 0 Å². The van der Waals surface area contributed by atoms with Crippen LogP contribution in [-0.4, -0.2) is 56.3 Å². The second kappa shape index (κ2) is 8.70. The van der Waals surface area contributed by atoms with Crippen molar-refractivity contribution in [2.75, 3.05) is 38.2 Å². The number of aryl methyl sites for hydroxylation is 1. The van der Waals surface area contributed by atoms with Gasteiger partial charge in [0.25, 0.3) is 0 Å². The fraction of sp³-hybridized carbons (Fsp3) is 0.556. The number of ether oxygens (including phenoxy) is 1. The average Bonchev–Trinajstić information content (AvgIpc) is 3.18. The minimum atomic E-state index is -0.432. The minimum Gasteiger partial charge on any atom is -0.495 e. The monoisotopic (exact) mass is 383 g/mol. The van der Waals surface area contributed by atoms with Gasteiger partial charge in [-0.3, -0.25) is 9.59 Å². The maximum absolute atomic E-state index is 12.4. The number of anilines is 1. The number of carbonyl (C=O) groups excluding carboxylic acids is 2. The lowest BCUT2D eigenvalue weighted by atomic mass is 10.0. The average molecular weight is 384 g/mol. The Hall–Kier alpha value is -1.83. The third-order valence-electron chi connectivity index (χ3n) is 4.96. The number of nitrogens with one attached hydrogen (secondary N) is 2. The molecule has 7 nitrogen and oxygen atoms in total. The first-order chi connectivity index (χ1) is 12.0. The summed E-state index contributed by atoms with van der Waals surface area (Å²) in [6.45, 7) is 3.97. The van der Waals surface area contributed by atoms with Crippen LogP contribution in [0.5, 0.6) is 5.75 Å². The van der Waals surface area contributed by atoms with Crippen molar-refractivity contribution in [3.63, 3.8) is 0 Å². The Kier molecular flexibility index (Phi) is 6.86. The number of hydrogen-bond acceptors (Lipinski definition) is 5. The largest absolute Gasteiger partial charge is 0.495 e. The highest BCUT2D eigenvalue weighted by atomic mass is 35.5. The van der Waals surface area contributed by atoms with Crippen LogP contribution >= 0.6 is 12.4 Å². The molecule has 0 spiro atoms. The van der Waals surface area contributed by atoms with Gasteiger partial charge in [0.2, 0.25) is 11.8 Å². The predicted molar refractivity (Wildman–Crippen MR) is 101 cm³/mol. The molecule has 0 bridgehead atoms. The smallest absolute Gasteiger partial charge is 0.227 e. The second-order valence-electron chi connectivity index (χ2n) is 6.81. The van der Waals surface area contributed by atoms with Crippen molar-refractivity contribution >= 4 is 29.9 Å². The van der Waals surface area contributed by atoms with Crippen molar-refractivity contribution < 1.29 is 19.4 Å². The van der Waals surface area contributed by atoms with Gasteiger partial charge in [-0.2, -0.15) is 0 Å². The normalized spacial score (nSPS) is 25.1. The second-order valence-corrected chi connectivity index (χ2v) is 6.81. The van der Waals surface area contributed by atoms with Crippen molar-refractivity contribution in [2.24, 2.45) is 11.8 Å². The Labute approximate surface area is 159 Å². The maximum Gasteiger partial charge on any atom is 0.227 e. The zero-order valence-corrected chi connectivity index (χ0v) is 15.8. The molecule has 0 radical (unpaired) electrons. The van der Waals surface area contributed by atoms with Crippen LogP contribution in [0.2, 0.25) is 0 Å². The number of carbonyl (C=O) groups is 2. The van der Waals surface area contributed by atoms with Crippen LogP contribution in [0.15, 0.2) is 18.2 Å². The first-order valence-electron chi connectivity index (χ1n) is 8.61. The number of rotatable bonds is 5. The molecule has 2 amide bonds. The van der Waals surface area contributed by atoms with E-state index in [0.717, 1.165) is 5.56 Å². The Bertz CT molecular complexity index is 670. The number of hydrogen-bond donors (Lipinski definition) is 3. The molecule has 3 atom stereocenters. The van der Waals surface area contributed by atoms with E-state index in [-0.39, 0.29) is 42.5 Å². The Balaban J connectivity index is 0.00000243. The molecule has 1 aromatic carbocycles. The van der Waals surface area contributed by atoms with E-state index in [9.17, 15) is 14.7 Å². The van der Waals surface area contributed by atoms with Crippen molar-refractivity contribution in [3.05, 3.63) is 23.8 Å². The van der Waals surface area contributed by atoms with Gasteiger partial charge in [-0.15, -0.1) is 12.4 Å². The first-order valence-corrected chi connectivity index (χ1v) is 8.61. The van der Waals surface area contributed by atoms with Gasteiger partial charge in [0.05, 0.1) is 24.8 Å². The standard InChI is InChI=1S/C18H25N3O4.ClH/c1-11-3-4-16(25-2)14(5-11)21-10-12(6-17(21)23)18(24)20-8-13-7-19-9-15(13)22;/h3-5,12-13,15,19,22H,6-10H2,1-2H3,(H,20,24);1H. The van der Waals surface area contributed by atoms with E-state index in [0.29, 0.717) is 37.6 Å². The fourth-order valence-corrected chi connectivity index (χ4v) is 3.43. The van der Waals surface area contributed by atoms with Crippen molar-refractivity contribution in [3.8, 4) is 5.75 Å². The molecule has 2 saturated heterocycles. The molecule has 3 unspecified atom stereocenters. The van der Waals surface area contributed by atoms with E-state index in [1.165, 1.54) is 0 Å². The highest BCUT2D eigenvalue weighted by Crippen LogP contribution is 2.33. The summed E-state index contributed by atoms with van der Waals surface area (Å²) in [5, 5.41) is 15.8. The van der Waals surface area contributed by atoms with Crippen molar-refractivity contribution in [1.29, 1.82) is 0 Å². The molecule has 26 heavy (non-hydrogen) atoms. The molecule has 0 aliphatic carbocycles. The lowest BCUT2D eigenvalue weighted by Gasteiger charge is -2.20. The van der Waals surface area contributed by atoms with Crippen molar-refractivity contribution in [1.82, 2.24) is 10.6 Å². The van der Waals surface area contributed by atoms with Crippen LogP contribution in [0.1, 0.15) is 12.0 Å². The quantitative estimate of drug-likeness (QED) is 0.687. The molecular weight excluding hydrogens is 358 g/mol. The molecule has 2 aliphatic rings. The van der Waals surface area contributed by atoms with E-state index in [1.54, 1.807) is 12.0 Å². The van der Waals surface area contributed by atoms with E-state index < -0.39 is 6.10 Å². The third kappa shape index (κ3) is 4.28. The molecule has 3 N–H and O–H groups in total. The number of benzene rings is 1. The number of amides is 2. The van der Waals surface area contributed by atoms with Gasteiger partial charge in [0.1, 0.15) is 5.75 Å². The van der Waals surface area contributed by atoms with Gasteiger partial charge < -0.3 is 25.4 Å². The van der Waals surface area contributed by atoms with Crippen LogP contribution in [-0.2, 0) is 9.59 Å². The SMILES string of the molecule is COc1ccc(C)cc1N1CC(C(=O)NCC2CNCC2O)CC1=O.Cl. The number of β-amino-alcohol motifs (C(OH)–C–C–N with tert-alkyl or cyclic N) is 1.